The van der Waals surface area contributed by atoms with Gasteiger partial charge in [0.15, 0.2) is 17.5 Å². The lowest BCUT2D eigenvalue weighted by Crippen LogP contribution is -2.74. The van der Waals surface area contributed by atoms with Crippen LogP contribution >= 0.6 is 0 Å². The van der Waals surface area contributed by atoms with Crippen molar-refractivity contribution in [1.82, 2.24) is 0 Å². The SMILES string of the molecule is C=C1C(=O)C23C(=O)OC4CCC(C)(C)C5C(O)OCC45C2C(O)CC1C3OC(C)=O. The van der Waals surface area contributed by atoms with E-state index in [2.05, 4.69) is 6.58 Å². The van der Waals surface area contributed by atoms with E-state index in [1.54, 1.807) is 0 Å². The van der Waals surface area contributed by atoms with E-state index in [1.165, 1.54) is 6.92 Å². The molecule has 2 heterocycles. The van der Waals surface area contributed by atoms with E-state index in [4.69, 9.17) is 14.2 Å². The molecule has 8 heteroatoms. The average Bonchev–Trinajstić information content (AvgIpc) is 3.06. The fraction of sp³-hybridized carbons (Fsp3) is 0.773. The van der Waals surface area contributed by atoms with Crippen LogP contribution in [-0.2, 0) is 28.6 Å². The molecule has 2 bridgehead atoms. The van der Waals surface area contributed by atoms with Crippen LogP contribution in [0.3, 0.4) is 0 Å². The van der Waals surface area contributed by atoms with Crippen molar-refractivity contribution < 1.29 is 38.8 Å². The Morgan fingerprint density at radius 3 is 2.60 bits per heavy atom. The Hall–Kier alpha value is -1.77. The molecule has 164 valence electrons. The summed E-state index contributed by atoms with van der Waals surface area (Å²) < 4.78 is 17.2. The lowest BCUT2D eigenvalue weighted by molar-refractivity contribution is -0.268. The fourth-order valence-electron chi connectivity index (χ4n) is 7.71. The van der Waals surface area contributed by atoms with Gasteiger partial charge in [-0.15, -0.1) is 0 Å². The molecule has 5 fully saturated rings. The Bertz CT molecular complexity index is 863. The molecule has 0 aromatic carbocycles. The summed E-state index contributed by atoms with van der Waals surface area (Å²) >= 11 is 0. The molecule has 2 aliphatic heterocycles. The Labute approximate surface area is 174 Å². The van der Waals surface area contributed by atoms with Crippen LogP contribution in [-0.4, -0.2) is 59.1 Å². The van der Waals surface area contributed by atoms with Gasteiger partial charge in [0.05, 0.1) is 12.7 Å². The first-order chi connectivity index (χ1) is 14.0. The average molecular weight is 420 g/mol. The largest absolute Gasteiger partial charge is 0.461 e. The summed E-state index contributed by atoms with van der Waals surface area (Å²) in [5.41, 5.74) is -3.01. The number of carbonyl (C=O) groups is 3. The molecular weight excluding hydrogens is 392 g/mol. The zero-order valence-electron chi connectivity index (χ0n) is 17.4. The third-order valence-electron chi connectivity index (χ3n) is 8.62. The number of aliphatic hydroxyl groups excluding tert-OH is 2. The van der Waals surface area contributed by atoms with Crippen LogP contribution in [0.2, 0.25) is 0 Å². The lowest BCUT2D eigenvalue weighted by Gasteiger charge is -2.63. The number of carbonyl (C=O) groups excluding carboxylic acids is 3. The number of hydrogen-bond donors (Lipinski definition) is 2. The second kappa shape index (κ2) is 5.93. The van der Waals surface area contributed by atoms with Gasteiger partial charge in [0, 0.05) is 30.1 Å². The van der Waals surface area contributed by atoms with Crippen LogP contribution in [0.15, 0.2) is 12.2 Å². The first-order valence-electron chi connectivity index (χ1n) is 10.6. The third-order valence-corrected chi connectivity index (χ3v) is 8.62. The van der Waals surface area contributed by atoms with Gasteiger partial charge in [-0.1, -0.05) is 20.4 Å². The van der Waals surface area contributed by atoms with Crippen molar-refractivity contribution in [3.05, 3.63) is 12.2 Å². The van der Waals surface area contributed by atoms with Crippen LogP contribution in [0.25, 0.3) is 0 Å². The number of fused-ring (bicyclic) bond motifs is 1. The van der Waals surface area contributed by atoms with Crippen LogP contribution < -0.4 is 0 Å². The van der Waals surface area contributed by atoms with Crippen molar-refractivity contribution in [1.29, 1.82) is 0 Å². The standard InChI is InChI=1S/C22H28O8/c1-9-11-7-12(24)14-21-8-28-18(26)15(21)20(3,4)6-5-13(21)30-19(27)22(14,16(9)25)17(11)29-10(2)23/h11-15,17-18,24,26H,1,5-8H2,2-4H3. The summed E-state index contributed by atoms with van der Waals surface area (Å²) in [5, 5.41) is 22.1. The Kier molecular flexibility index (Phi) is 3.98. The third kappa shape index (κ3) is 2.05. The maximum absolute atomic E-state index is 13.6. The van der Waals surface area contributed by atoms with Gasteiger partial charge in [0.25, 0.3) is 0 Å². The Balaban J connectivity index is 1.77. The van der Waals surface area contributed by atoms with Gasteiger partial charge in [-0.25, -0.2) is 0 Å². The summed E-state index contributed by atoms with van der Waals surface area (Å²) in [6, 6.07) is 0. The van der Waals surface area contributed by atoms with E-state index in [-0.39, 0.29) is 24.0 Å². The predicted molar refractivity (Wildman–Crippen MR) is 101 cm³/mol. The summed E-state index contributed by atoms with van der Waals surface area (Å²) in [7, 11) is 0. The van der Waals surface area contributed by atoms with Crippen molar-refractivity contribution >= 4 is 17.7 Å². The number of esters is 2. The molecule has 0 aromatic rings. The van der Waals surface area contributed by atoms with Gasteiger partial charge >= 0.3 is 11.9 Å². The molecule has 8 nitrogen and oxygen atoms in total. The molecule has 9 unspecified atom stereocenters. The molecular formula is C22H28O8. The Morgan fingerprint density at radius 1 is 1.23 bits per heavy atom. The van der Waals surface area contributed by atoms with Gasteiger partial charge in [0.2, 0.25) is 0 Å². The molecule has 5 aliphatic rings. The molecule has 0 aromatic heterocycles. The first-order valence-corrected chi connectivity index (χ1v) is 10.6. The molecule has 2 saturated heterocycles. The van der Waals surface area contributed by atoms with Gasteiger partial charge in [-0.3, -0.25) is 14.4 Å². The van der Waals surface area contributed by atoms with E-state index < -0.39 is 70.9 Å². The number of aliphatic hydroxyl groups is 2. The monoisotopic (exact) mass is 420 g/mol. The van der Waals surface area contributed by atoms with E-state index in [0.29, 0.717) is 12.8 Å². The van der Waals surface area contributed by atoms with Gasteiger partial charge in [0.1, 0.15) is 12.2 Å². The number of ketones is 1. The van der Waals surface area contributed by atoms with Crippen molar-refractivity contribution in [3.63, 3.8) is 0 Å². The minimum atomic E-state index is -1.86. The molecule has 2 N–H and O–H groups in total. The molecule has 30 heavy (non-hydrogen) atoms. The highest BCUT2D eigenvalue weighted by molar-refractivity contribution is 6.16. The van der Waals surface area contributed by atoms with E-state index in [0.717, 1.165) is 0 Å². The Morgan fingerprint density at radius 2 is 1.93 bits per heavy atom. The van der Waals surface area contributed by atoms with Crippen LogP contribution in [0.5, 0.6) is 0 Å². The summed E-state index contributed by atoms with van der Waals surface area (Å²) in [6.07, 6.45) is -2.40. The lowest BCUT2D eigenvalue weighted by atomic mass is 9.43. The normalized spacial score (nSPS) is 51.0. The summed E-state index contributed by atoms with van der Waals surface area (Å²) in [5.74, 6) is -3.90. The minimum absolute atomic E-state index is 0.0564. The van der Waals surface area contributed by atoms with Crippen molar-refractivity contribution in [2.75, 3.05) is 6.61 Å². The number of rotatable bonds is 1. The number of ether oxygens (including phenoxy) is 3. The quantitative estimate of drug-likeness (QED) is 0.362. The van der Waals surface area contributed by atoms with Crippen LogP contribution in [0.4, 0.5) is 0 Å². The van der Waals surface area contributed by atoms with Crippen molar-refractivity contribution in [2.24, 2.45) is 34.0 Å². The van der Waals surface area contributed by atoms with Gasteiger partial charge in [-0.05, 0) is 30.3 Å². The molecule has 9 atom stereocenters. The predicted octanol–water partition coefficient (Wildman–Crippen LogP) is 0.737. The second-order valence-electron chi connectivity index (χ2n) is 10.4. The van der Waals surface area contributed by atoms with E-state index in [9.17, 15) is 24.6 Å². The second-order valence-corrected chi connectivity index (χ2v) is 10.4. The first kappa shape index (κ1) is 20.2. The summed E-state index contributed by atoms with van der Waals surface area (Å²) in [6.45, 7) is 9.21. The molecule has 5 rings (SSSR count). The molecule has 0 radical (unpaired) electrons. The van der Waals surface area contributed by atoms with Crippen LogP contribution in [0.1, 0.15) is 40.0 Å². The topological polar surface area (TPSA) is 119 Å². The van der Waals surface area contributed by atoms with E-state index in [1.807, 2.05) is 13.8 Å². The number of hydrogen-bond acceptors (Lipinski definition) is 8. The molecule has 0 amide bonds. The van der Waals surface area contributed by atoms with Crippen LogP contribution in [0, 0.1) is 34.0 Å². The maximum Gasteiger partial charge on any atom is 0.324 e. The fourth-order valence-corrected chi connectivity index (χ4v) is 7.71. The summed E-state index contributed by atoms with van der Waals surface area (Å²) in [4.78, 5) is 39.0. The molecule has 3 saturated carbocycles. The van der Waals surface area contributed by atoms with Gasteiger partial charge in [-0.2, -0.15) is 0 Å². The molecule has 2 spiro atoms. The van der Waals surface area contributed by atoms with Gasteiger partial charge < -0.3 is 24.4 Å². The van der Waals surface area contributed by atoms with Crippen molar-refractivity contribution in [2.45, 2.75) is 64.6 Å². The zero-order valence-corrected chi connectivity index (χ0v) is 17.4. The highest BCUT2D eigenvalue weighted by Gasteiger charge is 2.82. The highest BCUT2D eigenvalue weighted by atomic mass is 16.6. The minimum Gasteiger partial charge on any atom is -0.461 e. The highest BCUT2D eigenvalue weighted by Crippen LogP contribution is 2.71. The maximum atomic E-state index is 13.6. The smallest absolute Gasteiger partial charge is 0.324 e. The van der Waals surface area contributed by atoms with Crippen molar-refractivity contribution in [3.8, 4) is 0 Å². The number of Topliss-reactive ketones (excluding diaryl/α,β-unsaturated/α-hetero) is 1. The molecule has 3 aliphatic carbocycles. The van der Waals surface area contributed by atoms with E-state index >= 15 is 0 Å². The zero-order chi connectivity index (χ0) is 21.8.